The summed E-state index contributed by atoms with van der Waals surface area (Å²) in [5.74, 6) is 3.78. The normalized spacial score (nSPS) is 17.3. The number of aliphatic hydroxyl groups excluding tert-OH is 1. The number of rotatable bonds is 8. The first-order chi connectivity index (χ1) is 17.1. The minimum Gasteiger partial charge on any atom is -0.493 e. The Morgan fingerprint density at radius 1 is 1.03 bits per heavy atom. The molecule has 1 atom stereocenters. The van der Waals surface area contributed by atoms with Crippen molar-refractivity contribution in [2.75, 3.05) is 44.7 Å². The van der Waals surface area contributed by atoms with Crippen LogP contribution < -0.4 is 24.4 Å². The van der Waals surface area contributed by atoms with Crippen LogP contribution in [0.5, 0.6) is 17.2 Å². The number of aliphatic hydroxyl groups is 1. The van der Waals surface area contributed by atoms with Crippen molar-refractivity contribution >= 4 is 17.6 Å². The first-order valence-corrected chi connectivity index (χ1v) is 12.0. The maximum absolute atomic E-state index is 9.89. The Kier molecular flexibility index (Phi) is 6.63. The second-order valence-electron chi connectivity index (χ2n) is 8.85. The van der Waals surface area contributed by atoms with E-state index in [1.807, 2.05) is 22.9 Å². The standard InChI is InChI=1S/C25H32N6O4/c1-33-20-11-17(12-21(34-2)23(20)35-3)30-13-22(26-15-30)28-25-27-19-9-5-4-8-18(19)24(29-25)31-10-6-7-16(31)14-32/h11-13,15-16,32H,4-10,14H2,1-3H3,(H,27,28,29)/t16-/m0/s1. The molecule has 3 heterocycles. The van der Waals surface area contributed by atoms with E-state index >= 15 is 0 Å². The topological polar surface area (TPSA) is 107 Å². The molecule has 2 aromatic heterocycles. The number of hydrogen-bond donors (Lipinski definition) is 2. The van der Waals surface area contributed by atoms with E-state index in [9.17, 15) is 5.11 Å². The summed E-state index contributed by atoms with van der Waals surface area (Å²) in [6.45, 7) is 1.05. The van der Waals surface area contributed by atoms with Gasteiger partial charge in [-0.15, -0.1) is 0 Å². The van der Waals surface area contributed by atoms with Gasteiger partial charge in [-0.1, -0.05) is 0 Å². The van der Waals surface area contributed by atoms with E-state index < -0.39 is 0 Å². The molecule has 2 N–H and O–H groups in total. The summed E-state index contributed by atoms with van der Waals surface area (Å²) in [7, 11) is 4.76. The molecule has 0 unspecified atom stereocenters. The Hall–Kier alpha value is -3.53. The molecule has 2 aliphatic rings. The lowest BCUT2D eigenvalue weighted by Gasteiger charge is -2.29. The number of aromatic nitrogens is 4. The summed E-state index contributed by atoms with van der Waals surface area (Å²) in [6.07, 6.45) is 9.82. The molecule has 1 saturated heterocycles. The van der Waals surface area contributed by atoms with Crippen LogP contribution in [0.3, 0.4) is 0 Å². The van der Waals surface area contributed by atoms with Gasteiger partial charge in [-0.3, -0.25) is 0 Å². The molecule has 5 rings (SSSR count). The molecule has 186 valence electrons. The highest BCUT2D eigenvalue weighted by Gasteiger charge is 2.29. The molecule has 0 radical (unpaired) electrons. The van der Waals surface area contributed by atoms with Crippen LogP contribution in [0.2, 0.25) is 0 Å². The van der Waals surface area contributed by atoms with Gasteiger partial charge >= 0.3 is 0 Å². The third-order valence-electron chi connectivity index (χ3n) is 6.79. The van der Waals surface area contributed by atoms with E-state index in [1.165, 1.54) is 5.56 Å². The first kappa shape index (κ1) is 23.2. The molecule has 10 nitrogen and oxygen atoms in total. The Bertz CT molecular complexity index is 1170. The van der Waals surface area contributed by atoms with E-state index in [0.717, 1.165) is 62.3 Å². The predicted octanol–water partition coefficient (Wildman–Crippen LogP) is 3.27. The number of hydrogen-bond acceptors (Lipinski definition) is 9. The van der Waals surface area contributed by atoms with Gasteiger partial charge in [0.05, 0.1) is 51.6 Å². The van der Waals surface area contributed by atoms with Crippen molar-refractivity contribution in [2.45, 2.75) is 44.6 Å². The minimum atomic E-state index is 0.114. The second kappa shape index (κ2) is 9.99. The van der Waals surface area contributed by atoms with Crippen LogP contribution in [0.4, 0.5) is 17.6 Å². The Morgan fingerprint density at radius 2 is 1.80 bits per heavy atom. The van der Waals surface area contributed by atoms with Crippen molar-refractivity contribution in [1.82, 2.24) is 19.5 Å². The van der Waals surface area contributed by atoms with Crippen LogP contribution in [0.25, 0.3) is 5.69 Å². The van der Waals surface area contributed by atoms with Crippen LogP contribution >= 0.6 is 0 Å². The van der Waals surface area contributed by atoms with Crippen molar-refractivity contribution < 1.29 is 19.3 Å². The van der Waals surface area contributed by atoms with Crippen molar-refractivity contribution in [3.8, 4) is 22.9 Å². The van der Waals surface area contributed by atoms with Crippen molar-refractivity contribution in [3.05, 3.63) is 35.9 Å². The fourth-order valence-electron chi connectivity index (χ4n) is 5.03. The highest BCUT2D eigenvalue weighted by molar-refractivity contribution is 5.60. The Morgan fingerprint density at radius 3 is 2.51 bits per heavy atom. The molecular formula is C25H32N6O4. The number of anilines is 3. The van der Waals surface area contributed by atoms with Gasteiger partial charge < -0.3 is 34.1 Å². The Balaban J connectivity index is 1.45. The molecule has 0 saturated carbocycles. The maximum atomic E-state index is 9.89. The molecule has 0 bridgehead atoms. The molecule has 35 heavy (non-hydrogen) atoms. The van der Waals surface area contributed by atoms with E-state index in [-0.39, 0.29) is 12.6 Å². The summed E-state index contributed by atoms with van der Waals surface area (Å²) >= 11 is 0. The van der Waals surface area contributed by atoms with Crippen LogP contribution in [0, 0.1) is 0 Å². The van der Waals surface area contributed by atoms with Gasteiger partial charge in [0, 0.05) is 24.2 Å². The van der Waals surface area contributed by atoms with E-state index in [2.05, 4.69) is 15.2 Å². The lowest BCUT2D eigenvalue weighted by atomic mass is 9.96. The second-order valence-corrected chi connectivity index (χ2v) is 8.85. The van der Waals surface area contributed by atoms with Crippen LogP contribution in [-0.4, -0.2) is 65.1 Å². The lowest BCUT2D eigenvalue weighted by molar-refractivity contribution is 0.266. The van der Waals surface area contributed by atoms with Gasteiger partial charge in [-0.05, 0) is 38.5 Å². The van der Waals surface area contributed by atoms with E-state index in [1.54, 1.807) is 27.7 Å². The molecule has 1 fully saturated rings. The molecule has 0 spiro atoms. The zero-order valence-electron chi connectivity index (χ0n) is 20.5. The summed E-state index contributed by atoms with van der Waals surface area (Å²) in [5.41, 5.74) is 3.14. The zero-order valence-corrected chi connectivity index (χ0v) is 20.5. The van der Waals surface area contributed by atoms with E-state index in [0.29, 0.717) is 29.0 Å². The van der Waals surface area contributed by atoms with Gasteiger partial charge in [-0.25, -0.2) is 9.97 Å². The largest absolute Gasteiger partial charge is 0.493 e. The summed E-state index contributed by atoms with van der Waals surface area (Å²) < 4.78 is 18.3. The number of methoxy groups -OCH3 is 3. The third-order valence-corrected chi connectivity index (χ3v) is 6.79. The van der Waals surface area contributed by atoms with Crippen molar-refractivity contribution in [3.63, 3.8) is 0 Å². The first-order valence-electron chi connectivity index (χ1n) is 12.0. The molecule has 1 aromatic carbocycles. The summed E-state index contributed by atoms with van der Waals surface area (Å²) in [6, 6.07) is 3.84. The number of aryl methyl sites for hydroxylation is 1. The highest BCUT2D eigenvalue weighted by Crippen LogP contribution is 2.39. The van der Waals surface area contributed by atoms with Crippen LogP contribution in [0.1, 0.15) is 36.9 Å². The van der Waals surface area contributed by atoms with Gasteiger partial charge in [0.25, 0.3) is 0 Å². The van der Waals surface area contributed by atoms with Crippen molar-refractivity contribution in [2.24, 2.45) is 0 Å². The fourth-order valence-corrected chi connectivity index (χ4v) is 5.03. The number of imidazole rings is 1. The fraction of sp³-hybridized carbons (Fsp3) is 0.480. The minimum absolute atomic E-state index is 0.114. The molecular weight excluding hydrogens is 448 g/mol. The third kappa shape index (κ3) is 4.45. The Labute approximate surface area is 204 Å². The average Bonchev–Trinajstić information content (AvgIpc) is 3.57. The van der Waals surface area contributed by atoms with Crippen LogP contribution in [0.15, 0.2) is 24.7 Å². The lowest BCUT2D eigenvalue weighted by Crippen LogP contribution is -2.34. The molecule has 3 aromatic rings. The number of ether oxygens (including phenoxy) is 3. The molecule has 0 amide bonds. The van der Waals surface area contributed by atoms with Gasteiger partial charge in [0.1, 0.15) is 12.1 Å². The molecule has 1 aliphatic carbocycles. The number of nitrogens with zero attached hydrogens (tertiary/aromatic N) is 5. The monoisotopic (exact) mass is 480 g/mol. The maximum Gasteiger partial charge on any atom is 0.230 e. The zero-order chi connectivity index (χ0) is 24.4. The quantitative estimate of drug-likeness (QED) is 0.502. The van der Waals surface area contributed by atoms with Gasteiger partial charge in [0.2, 0.25) is 11.7 Å². The van der Waals surface area contributed by atoms with E-state index in [4.69, 9.17) is 24.2 Å². The van der Waals surface area contributed by atoms with Crippen LogP contribution in [-0.2, 0) is 12.8 Å². The SMILES string of the molecule is COc1cc(-n2cnc(Nc3nc4c(c(N5CCC[C@H]5CO)n3)CCCC4)c2)cc(OC)c1OC. The summed E-state index contributed by atoms with van der Waals surface area (Å²) in [4.78, 5) is 16.5. The summed E-state index contributed by atoms with van der Waals surface area (Å²) in [5, 5.41) is 13.2. The number of nitrogens with one attached hydrogen (secondary N) is 1. The molecule has 1 aliphatic heterocycles. The average molecular weight is 481 g/mol. The highest BCUT2D eigenvalue weighted by atomic mass is 16.5. The van der Waals surface area contributed by atoms with Gasteiger partial charge in [0.15, 0.2) is 17.3 Å². The number of benzene rings is 1. The molecule has 10 heteroatoms. The smallest absolute Gasteiger partial charge is 0.230 e. The van der Waals surface area contributed by atoms with Gasteiger partial charge in [-0.2, -0.15) is 4.98 Å². The predicted molar refractivity (Wildman–Crippen MR) is 133 cm³/mol. The van der Waals surface area contributed by atoms with Crippen molar-refractivity contribution in [1.29, 1.82) is 0 Å². The number of fused-ring (bicyclic) bond motifs is 1.